The average molecular weight is 368 g/mol. The molecule has 2 aromatic rings. The Labute approximate surface area is 144 Å². The summed E-state index contributed by atoms with van der Waals surface area (Å²) >= 11 is 1.43. The van der Waals surface area contributed by atoms with E-state index in [-0.39, 0.29) is 22.8 Å². The first kappa shape index (κ1) is 18.4. The van der Waals surface area contributed by atoms with Crippen molar-refractivity contribution >= 4 is 27.7 Å². The Balaban J connectivity index is 1.82. The van der Waals surface area contributed by atoms with Gasteiger partial charge in [-0.2, -0.15) is 11.8 Å². The molecule has 0 fully saturated rings. The van der Waals surface area contributed by atoms with E-state index in [9.17, 15) is 17.6 Å². The van der Waals surface area contributed by atoms with Crippen LogP contribution in [0.2, 0.25) is 0 Å². The molecule has 0 unspecified atom stereocenters. The summed E-state index contributed by atoms with van der Waals surface area (Å²) in [5.74, 6) is 0.103. The van der Waals surface area contributed by atoms with Gasteiger partial charge in [0.1, 0.15) is 5.82 Å². The number of primary amides is 1. The quantitative estimate of drug-likeness (QED) is 0.699. The molecule has 0 heterocycles. The zero-order chi connectivity index (χ0) is 17.6. The second kappa shape index (κ2) is 8.27. The fourth-order valence-corrected chi connectivity index (χ4v) is 3.93. The van der Waals surface area contributed by atoms with Crippen molar-refractivity contribution in [3.05, 3.63) is 65.5 Å². The van der Waals surface area contributed by atoms with Gasteiger partial charge in [0, 0.05) is 23.6 Å². The van der Waals surface area contributed by atoms with E-state index in [4.69, 9.17) is 5.73 Å². The maximum Gasteiger partial charge on any atom is 0.248 e. The molecule has 0 aliphatic rings. The van der Waals surface area contributed by atoms with Crippen molar-refractivity contribution < 1.29 is 17.6 Å². The SMILES string of the molecule is NC(=O)c1ccc(S(=O)(=O)NCCSCc2ccccc2F)cc1. The van der Waals surface area contributed by atoms with Crippen molar-refractivity contribution in [3.8, 4) is 0 Å². The van der Waals surface area contributed by atoms with Crippen molar-refractivity contribution in [2.24, 2.45) is 5.73 Å². The van der Waals surface area contributed by atoms with Crippen molar-refractivity contribution in [3.63, 3.8) is 0 Å². The summed E-state index contributed by atoms with van der Waals surface area (Å²) in [7, 11) is -3.65. The topological polar surface area (TPSA) is 89.3 Å². The van der Waals surface area contributed by atoms with Crippen molar-refractivity contribution in [2.45, 2.75) is 10.6 Å². The number of hydrogen-bond donors (Lipinski definition) is 2. The zero-order valence-electron chi connectivity index (χ0n) is 12.7. The van der Waals surface area contributed by atoms with Crippen LogP contribution in [-0.4, -0.2) is 26.6 Å². The summed E-state index contributed by atoms with van der Waals surface area (Å²) in [6.45, 7) is 0.221. The van der Waals surface area contributed by atoms with Gasteiger partial charge in [-0.05, 0) is 35.9 Å². The van der Waals surface area contributed by atoms with Crippen molar-refractivity contribution in [2.75, 3.05) is 12.3 Å². The molecule has 2 aromatic carbocycles. The lowest BCUT2D eigenvalue weighted by atomic mass is 10.2. The maximum absolute atomic E-state index is 13.4. The number of halogens is 1. The number of nitrogens with two attached hydrogens (primary N) is 1. The fraction of sp³-hybridized carbons (Fsp3) is 0.188. The molecule has 0 radical (unpaired) electrons. The van der Waals surface area contributed by atoms with Gasteiger partial charge in [0.15, 0.2) is 0 Å². The lowest BCUT2D eigenvalue weighted by molar-refractivity contribution is 0.1000. The highest BCUT2D eigenvalue weighted by molar-refractivity contribution is 7.98. The van der Waals surface area contributed by atoms with Gasteiger partial charge >= 0.3 is 0 Å². The molecule has 0 saturated carbocycles. The second-order valence-electron chi connectivity index (χ2n) is 4.93. The minimum absolute atomic E-state index is 0.0617. The molecule has 0 bridgehead atoms. The minimum atomic E-state index is -3.65. The number of nitrogens with one attached hydrogen (secondary N) is 1. The van der Waals surface area contributed by atoms with Crippen LogP contribution < -0.4 is 10.5 Å². The Kier molecular flexibility index (Phi) is 6.36. The van der Waals surface area contributed by atoms with Gasteiger partial charge in [-0.1, -0.05) is 18.2 Å². The molecule has 0 spiro atoms. The van der Waals surface area contributed by atoms with Crippen LogP contribution in [0.5, 0.6) is 0 Å². The molecule has 0 aromatic heterocycles. The van der Waals surface area contributed by atoms with Crippen LogP contribution >= 0.6 is 11.8 Å². The predicted octanol–water partition coefficient (Wildman–Crippen LogP) is 2.14. The summed E-state index contributed by atoms with van der Waals surface area (Å²) in [5.41, 5.74) is 5.95. The molecular formula is C16H17FN2O3S2. The number of rotatable bonds is 8. The van der Waals surface area contributed by atoms with Gasteiger partial charge in [-0.3, -0.25) is 4.79 Å². The lowest BCUT2D eigenvalue weighted by Gasteiger charge is -2.07. The van der Waals surface area contributed by atoms with Crippen LogP contribution in [0.1, 0.15) is 15.9 Å². The van der Waals surface area contributed by atoms with Crippen LogP contribution in [0.4, 0.5) is 4.39 Å². The normalized spacial score (nSPS) is 11.4. The molecule has 0 aliphatic heterocycles. The predicted molar refractivity (Wildman–Crippen MR) is 92.7 cm³/mol. The summed E-state index contributed by atoms with van der Waals surface area (Å²) in [5, 5.41) is 0. The summed E-state index contributed by atoms with van der Waals surface area (Å²) in [6.07, 6.45) is 0. The number of carbonyl (C=O) groups is 1. The van der Waals surface area contributed by atoms with Gasteiger partial charge in [-0.15, -0.1) is 0 Å². The Bertz CT molecular complexity index is 808. The second-order valence-corrected chi connectivity index (χ2v) is 7.80. The van der Waals surface area contributed by atoms with Gasteiger partial charge < -0.3 is 5.73 Å². The molecule has 0 saturated heterocycles. The molecular weight excluding hydrogens is 351 g/mol. The lowest BCUT2D eigenvalue weighted by Crippen LogP contribution is -2.26. The largest absolute Gasteiger partial charge is 0.366 e. The highest BCUT2D eigenvalue weighted by Gasteiger charge is 2.13. The number of thioether (sulfide) groups is 1. The van der Waals surface area contributed by atoms with Crippen LogP contribution in [0.3, 0.4) is 0 Å². The fourth-order valence-electron chi connectivity index (χ4n) is 1.93. The van der Waals surface area contributed by atoms with E-state index >= 15 is 0 Å². The first-order valence-electron chi connectivity index (χ1n) is 7.11. The number of benzene rings is 2. The summed E-state index contributed by atoms with van der Waals surface area (Å²) in [4.78, 5) is 11.0. The molecule has 24 heavy (non-hydrogen) atoms. The number of amides is 1. The molecule has 8 heteroatoms. The Morgan fingerprint density at radius 1 is 1.12 bits per heavy atom. The van der Waals surface area contributed by atoms with Crippen LogP contribution in [0.25, 0.3) is 0 Å². The third-order valence-corrected chi connectivity index (χ3v) is 5.69. The van der Waals surface area contributed by atoms with E-state index in [0.717, 1.165) is 0 Å². The number of sulfonamides is 1. The number of carbonyl (C=O) groups excluding carboxylic acids is 1. The van der Waals surface area contributed by atoms with E-state index in [1.165, 1.54) is 42.1 Å². The van der Waals surface area contributed by atoms with Crippen molar-refractivity contribution in [1.29, 1.82) is 0 Å². The molecule has 3 N–H and O–H groups in total. The Morgan fingerprint density at radius 2 is 1.79 bits per heavy atom. The standard InChI is InChI=1S/C16H17FN2O3S2/c17-15-4-2-1-3-13(15)11-23-10-9-19-24(21,22)14-7-5-12(6-8-14)16(18)20/h1-8,19H,9-11H2,(H2,18,20). The van der Waals surface area contributed by atoms with Gasteiger partial charge in [-0.25, -0.2) is 17.5 Å². The molecule has 2 rings (SSSR count). The summed E-state index contributed by atoms with van der Waals surface area (Å²) < 4.78 is 40.1. The smallest absolute Gasteiger partial charge is 0.248 e. The third-order valence-electron chi connectivity index (χ3n) is 3.20. The van der Waals surface area contributed by atoms with Crippen LogP contribution in [-0.2, 0) is 15.8 Å². The highest BCUT2D eigenvalue weighted by Crippen LogP contribution is 2.15. The van der Waals surface area contributed by atoms with E-state index in [0.29, 0.717) is 17.1 Å². The van der Waals surface area contributed by atoms with E-state index < -0.39 is 15.9 Å². The van der Waals surface area contributed by atoms with Crippen LogP contribution in [0, 0.1) is 5.82 Å². The first-order chi connectivity index (χ1) is 11.4. The molecule has 128 valence electrons. The molecule has 5 nitrogen and oxygen atoms in total. The summed E-state index contributed by atoms with van der Waals surface area (Å²) in [6, 6.07) is 11.9. The Hall–Kier alpha value is -1.90. The Morgan fingerprint density at radius 3 is 2.42 bits per heavy atom. The van der Waals surface area contributed by atoms with E-state index in [1.807, 2.05) is 0 Å². The molecule has 0 aliphatic carbocycles. The molecule has 0 atom stereocenters. The maximum atomic E-state index is 13.4. The number of hydrogen-bond acceptors (Lipinski definition) is 4. The van der Waals surface area contributed by atoms with Crippen LogP contribution in [0.15, 0.2) is 53.4 Å². The minimum Gasteiger partial charge on any atom is -0.366 e. The van der Waals surface area contributed by atoms with E-state index in [1.54, 1.807) is 18.2 Å². The average Bonchev–Trinajstić information content (AvgIpc) is 2.56. The van der Waals surface area contributed by atoms with Gasteiger partial charge in [0.2, 0.25) is 15.9 Å². The zero-order valence-corrected chi connectivity index (χ0v) is 14.4. The monoisotopic (exact) mass is 368 g/mol. The van der Waals surface area contributed by atoms with E-state index in [2.05, 4.69) is 4.72 Å². The highest BCUT2D eigenvalue weighted by atomic mass is 32.2. The third kappa shape index (κ3) is 5.05. The van der Waals surface area contributed by atoms with Crippen molar-refractivity contribution in [1.82, 2.24) is 4.72 Å². The van der Waals surface area contributed by atoms with Gasteiger partial charge in [0.25, 0.3) is 0 Å². The molecule has 1 amide bonds. The first-order valence-corrected chi connectivity index (χ1v) is 9.74. The van der Waals surface area contributed by atoms with Gasteiger partial charge in [0.05, 0.1) is 4.90 Å².